The molecular weight excluding hydrogens is 408 g/mol. The quantitative estimate of drug-likeness (QED) is 0.719. The fourth-order valence-electron chi connectivity index (χ4n) is 3.65. The van der Waals surface area contributed by atoms with Crippen LogP contribution in [0.3, 0.4) is 0 Å². The number of likely N-dealkylation sites (tertiary alicyclic amines) is 1. The second-order valence-electron chi connectivity index (χ2n) is 7.32. The number of benzene rings is 1. The van der Waals surface area contributed by atoms with Crippen LogP contribution < -0.4 is 9.46 Å². The number of amides is 1. The highest BCUT2D eigenvalue weighted by Gasteiger charge is 2.28. The third kappa shape index (κ3) is 6.04. The Balaban J connectivity index is 1.74. The molecule has 0 bridgehead atoms. The molecule has 6 nitrogen and oxygen atoms in total. The van der Waals surface area contributed by atoms with Crippen molar-refractivity contribution in [1.82, 2.24) is 9.62 Å². The summed E-state index contributed by atoms with van der Waals surface area (Å²) in [5.74, 6) is 0.867. The van der Waals surface area contributed by atoms with Crippen molar-refractivity contribution in [2.75, 3.05) is 26.5 Å². The third-order valence-electron chi connectivity index (χ3n) is 5.12. The second-order valence-corrected chi connectivity index (χ2v) is 10.3. The molecule has 1 N–H and O–H groups in total. The first-order chi connectivity index (χ1) is 13.9. The topological polar surface area (TPSA) is 75.7 Å². The maximum Gasteiger partial charge on any atom is 0.264 e. The lowest BCUT2D eigenvalue weighted by atomic mass is 10.0. The van der Waals surface area contributed by atoms with E-state index in [9.17, 15) is 13.2 Å². The number of methoxy groups -OCH3 is 1. The largest absolute Gasteiger partial charge is 0.497 e. The van der Waals surface area contributed by atoms with Crippen molar-refractivity contribution in [2.45, 2.75) is 38.1 Å². The Kier molecular flexibility index (Phi) is 7.32. The van der Waals surface area contributed by atoms with Crippen LogP contribution in [-0.4, -0.2) is 45.7 Å². The van der Waals surface area contributed by atoms with Crippen LogP contribution in [-0.2, 0) is 16.4 Å². The lowest BCUT2D eigenvalue weighted by molar-refractivity contribution is 0.0686. The van der Waals surface area contributed by atoms with E-state index in [-0.39, 0.29) is 11.9 Å². The molecule has 2 heterocycles. The first-order valence-electron chi connectivity index (χ1n) is 9.85. The SMILES string of the molecule is COc1ccc([C@H]2CCCCCN2C(=O)c2ccc(CCNS(C)(=O)=O)s2)cc1. The van der Waals surface area contributed by atoms with Gasteiger partial charge in [-0.05, 0) is 49.1 Å². The van der Waals surface area contributed by atoms with Gasteiger partial charge in [0.25, 0.3) is 5.91 Å². The molecule has 158 valence electrons. The van der Waals surface area contributed by atoms with Crippen molar-refractivity contribution in [2.24, 2.45) is 0 Å². The highest BCUT2D eigenvalue weighted by Crippen LogP contribution is 2.33. The van der Waals surface area contributed by atoms with E-state index in [1.54, 1.807) is 7.11 Å². The first-order valence-corrected chi connectivity index (χ1v) is 12.6. The summed E-state index contributed by atoms with van der Waals surface area (Å²) in [6, 6.07) is 11.8. The fraction of sp³-hybridized carbons (Fsp3) is 0.476. The number of hydrogen-bond acceptors (Lipinski definition) is 5. The summed E-state index contributed by atoms with van der Waals surface area (Å²) in [7, 11) is -1.55. The zero-order valence-corrected chi connectivity index (χ0v) is 18.5. The first kappa shape index (κ1) is 21.8. The highest BCUT2D eigenvalue weighted by atomic mass is 32.2. The molecule has 0 radical (unpaired) electrons. The Labute approximate surface area is 176 Å². The van der Waals surface area contributed by atoms with Gasteiger partial charge >= 0.3 is 0 Å². The van der Waals surface area contributed by atoms with Crippen molar-refractivity contribution in [3.63, 3.8) is 0 Å². The van der Waals surface area contributed by atoms with Gasteiger partial charge in [0.1, 0.15) is 5.75 Å². The maximum absolute atomic E-state index is 13.3. The predicted octanol–water partition coefficient (Wildman–Crippen LogP) is 3.61. The molecule has 1 fully saturated rings. The van der Waals surface area contributed by atoms with E-state index in [0.717, 1.165) is 54.7 Å². The smallest absolute Gasteiger partial charge is 0.264 e. The van der Waals surface area contributed by atoms with E-state index in [2.05, 4.69) is 4.72 Å². The van der Waals surface area contributed by atoms with Crippen molar-refractivity contribution in [1.29, 1.82) is 0 Å². The molecule has 0 unspecified atom stereocenters. The van der Waals surface area contributed by atoms with Crippen LogP contribution >= 0.6 is 11.3 Å². The average Bonchev–Trinajstić information content (AvgIpc) is 3.02. The summed E-state index contributed by atoms with van der Waals surface area (Å²) in [6.45, 7) is 1.09. The number of sulfonamides is 1. The standard InChI is InChI=1S/C21H28N2O4S2/c1-27-17-9-7-16(8-10-17)19-6-4-3-5-15-23(19)21(24)20-12-11-18(28-20)13-14-22-29(2,25)26/h7-12,19,22H,3-6,13-15H2,1-2H3/t19-/m1/s1. The Morgan fingerprint density at radius 1 is 1.17 bits per heavy atom. The minimum atomic E-state index is -3.20. The van der Waals surface area contributed by atoms with E-state index in [4.69, 9.17) is 4.74 Å². The van der Waals surface area contributed by atoms with Gasteiger partial charge in [-0.3, -0.25) is 4.79 Å². The van der Waals surface area contributed by atoms with Crippen LogP contribution in [0.25, 0.3) is 0 Å². The number of nitrogens with one attached hydrogen (secondary N) is 1. The molecule has 1 aliphatic heterocycles. The molecule has 0 aliphatic carbocycles. The van der Waals surface area contributed by atoms with Crippen molar-refractivity contribution in [3.8, 4) is 5.75 Å². The van der Waals surface area contributed by atoms with E-state index in [0.29, 0.717) is 17.8 Å². The van der Waals surface area contributed by atoms with Crippen molar-refractivity contribution < 1.29 is 17.9 Å². The summed E-state index contributed by atoms with van der Waals surface area (Å²) >= 11 is 1.45. The van der Waals surface area contributed by atoms with Gasteiger partial charge in [0.2, 0.25) is 10.0 Å². The third-order valence-corrected chi connectivity index (χ3v) is 6.98. The lowest BCUT2D eigenvalue weighted by Crippen LogP contribution is -2.34. The lowest BCUT2D eigenvalue weighted by Gasteiger charge is -2.30. The van der Waals surface area contributed by atoms with Crippen molar-refractivity contribution >= 4 is 27.3 Å². The maximum atomic E-state index is 13.3. The molecule has 1 amide bonds. The molecule has 8 heteroatoms. The van der Waals surface area contributed by atoms with Gasteiger partial charge in [0, 0.05) is 18.0 Å². The van der Waals surface area contributed by atoms with Crippen LogP contribution in [0.15, 0.2) is 36.4 Å². The molecule has 2 aromatic rings. The number of thiophene rings is 1. The zero-order chi connectivity index (χ0) is 20.9. The molecule has 0 spiro atoms. The van der Waals surface area contributed by atoms with Crippen LogP contribution in [0.2, 0.25) is 0 Å². The van der Waals surface area contributed by atoms with Crippen LogP contribution in [0, 0.1) is 0 Å². The number of rotatable bonds is 7. The fourth-order valence-corrected chi connectivity index (χ4v) is 5.09. The number of nitrogens with zero attached hydrogens (tertiary/aromatic N) is 1. The normalized spacial score (nSPS) is 17.7. The molecule has 29 heavy (non-hydrogen) atoms. The number of carbonyl (C=O) groups is 1. The number of carbonyl (C=O) groups excluding carboxylic acids is 1. The van der Waals surface area contributed by atoms with Gasteiger partial charge in [-0.2, -0.15) is 0 Å². The summed E-state index contributed by atoms with van der Waals surface area (Å²) in [5, 5.41) is 0. The molecule has 1 aromatic carbocycles. The van der Waals surface area contributed by atoms with Crippen LogP contribution in [0.5, 0.6) is 5.75 Å². The Morgan fingerprint density at radius 2 is 1.93 bits per heavy atom. The monoisotopic (exact) mass is 436 g/mol. The van der Waals surface area contributed by atoms with Gasteiger partial charge in [0.15, 0.2) is 0 Å². The highest BCUT2D eigenvalue weighted by molar-refractivity contribution is 7.88. The van der Waals surface area contributed by atoms with Gasteiger partial charge in [-0.1, -0.05) is 25.0 Å². The van der Waals surface area contributed by atoms with E-state index >= 15 is 0 Å². The van der Waals surface area contributed by atoms with Crippen molar-refractivity contribution in [3.05, 3.63) is 51.7 Å². The van der Waals surface area contributed by atoms with Crippen LogP contribution in [0.4, 0.5) is 0 Å². The minimum absolute atomic E-state index is 0.0556. The molecule has 0 saturated carbocycles. The summed E-state index contributed by atoms with van der Waals surface area (Å²) in [5.41, 5.74) is 1.13. The number of hydrogen-bond donors (Lipinski definition) is 1. The zero-order valence-electron chi connectivity index (χ0n) is 16.9. The molecule has 1 saturated heterocycles. The Hall–Kier alpha value is -1.90. The summed E-state index contributed by atoms with van der Waals surface area (Å²) < 4.78 is 30.2. The molecule has 1 aromatic heterocycles. The Morgan fingerprint density at radius 3 is 2.62 bits per heavy atom. The predicted molar refractivity (Wildman–Crippen MR) is 116 cm³/mol. The van der Waals surface area contributed by atoms with Gasteiger partial charge in [0.05, 0.1) is 24.3 Å². The summed E-state index contributed by atoms with van der Waals surface area (Å²) in [4.78, 5) is 17.0. The number of ether oxygens (including phenoxy) is 1. The van der Waals surface area contributed by atoms with Gasteiger partial charge in [-0.25, -0.2) is 13.1 Å². The molecule has 1 aliphatic rings. The summed E-state index contributed by atoms with van der Waals surface area (Å²) in [6.07, 6.45) is 5.92. The van der Waals surface area contributed by atoms with Gasteiger partial charge < -0.3 is 9.64 Å². The van der Waals surface area contributed by atoms with Crippen LogP contribution in [0.1, 0.15) is 51.8 Å². The van der Waals surface area contributed by atoms with Gasteiger partial charge in [-0.15, -0.1) is 11.3 Å². The van der Waals surface area contributed by atoms with E-state index in [1.807, 2.05) is 41.3 Å². The molecule has 1 atom stereocenters. The minimum Gasteiger partial charge on any atom is -0.497 e. The molecular formula is C21H28N2O4S2. The molecule has 3 rings (SSSR count). The van der Waals surface area contributed by atoms with E-state index < -0.39 is 10.0 Å². The second kappa shape index (κ2) is 9.73. The Bertz CT molecular complexity index is 922. The van der Waals surface area contributed by atoms with E-state index in [1.165, 1.54) is 11.3 Å². The average molecular weight is 437 g/mol.